The second-order valence-electron chi connectivity index (χ2n) is 4.24. The Hall–Kier alpha value is -0.0800. The molecule has 2 nitrogen and oxygen atoms in total. The van der Waals surface area contributed by atoms with Crippen LogP contribution in [-0.4, -0.2) is 23.9 Å². The molecule has 0 spiro atoms. The predicted octanol–water partition coefficient (Wildman–Crippen LogP) is 1.18. The summed E-state index contributed by atoms with van der Waals surface area (Å²) in [5.74, 6) is 0. The van der Waals surface area contributed by atoms with E-state index in [2.05, 4.69) is 13.8 Å². The third-order valence-electron chi connectivity index (χ3n) is 2.00. The maximum atomic E-state index is 8.93. The standard InChI is InChI=1S/C8H16O2/c1-7(2)4-8(3,5-9)10-6-7/h9H,4-6H2,1-3H3. The van der Waals surface area contributed by atoms with Gasteiger partial charge in [-0.1, -0.05) is 13.8 Å². The van der Waals surface area contributed by atoms with E-state index in [4.69, 9.17) is 9.84 Å². The van der Waals surface area contributed by atoms with Gasteiger partial charge in [0.05, 0.1) is 18.8 Å². The van der Waals surface area contributed by atoms with E-state index in [0.29, 0.717) is 0 Å². The third kappa shape index (κ3) is 1.50. The van der Waals surface area contributed by atoms with E-state index < -0.39 is 0 Å². The first-order chi connectivity index (χ1) is 4.47. The topological polar surface area (TPSA) is 29.5 Å². The number of hydrogen-bond donors (Lipinski definition) is 1. The molecular formula is C8H16O2. The van der Waals surface area contributed by atoms with E-state index in [1.807, 2.05) is 6.92 Å². The van der Waals surface area contributed by atoms with Crippen LogP contribution in [0.5, 0.6) is 0 Å². The zero-order chi connectivity index (χ0) is 7.83. The second-order valence-corrected chi connectivity index (χ2v) is 4.24. The molecule has 0 radical (unpaired) electrons. The first-order valence-electron chi connectivity index (χ1n) is 3.72. The molecule has 0 bridgehead atoms. The lowest BCUT2D eigenvalue weighted by atomic mass is 9.86. The van der Waals surface area contributed by atoms with Gasteiger partial charge in [0, 0.05) is 0 Å². The first-order valence-corrected chi connectivity index (χ1v) is 3.72. The van der Waals surface area contributed by atoms with Crippen LogP contribution in [0.15, 0.2) is 0 Å². The van der Waals surface area contributed by atoms with E-state index in [9.17, 15) is 0 Å². The fraction of sp³-hybridized carbons (Fsp3) is 1.00. The molecule has 0 aromatic carbocycles. The lowest BCUT2D eigenvalue weighted by Gasteiger charge is -2.21. The number of rotatable bonds is 1. The normalized spacial score (nSPS) is 38.4. The van der Waals surface area contributed by atoms with Gasteiger partial charge in [0.15, 0.2) is 0 Å². The van der Waals surface area contributed by atoms with Crippen molar-refractivity contribution in [2.24, 2.45) is 5.41 Å². The SMILES string of the molecule is CC1(C)COC(C)(CO)C1. The fourth-order valence-electron chi connectivity index (χ4n) is 1.59. The van der Waals surface area contributed by atoms with Crippen molar-refractivity contribution in [1.29, 1.82) is 0 Å². The van der Waals surface area contributed by atoms with Crippen LogP contribution >= 0.6 is 0 Å². The number of aliphatic hydroxyl groups is 1. The Balaban J connectivity index is 2.57. The van der Waals surface area contributed by atoms with Gasteiger partial charge >= 0.3 is 0 Å². The Bertz CT molecular complexity index is 131. The summed E-state index contributed by atoms with van der Waals surface area (Å²) in [6.07, 6.45) is 0.955. The maximum absolute atomic E-state index is 8.93. The van der Waals surface area contributed by atoms with E-state index in [1.165, 1.54) is 0 Å². The lowest BCUT2D eigenvalue weighted by molar-refractivity contribution is -0.0248. The molecule has 1 rings (SSSR count). The van der Waals surface area contributed by atoms with Crippen molar-refractivity contribution in [1.82, 2.24) is 0 Å². The zero-order valence-electron chi connectivity index (χ0n) is 6.98. The molecule has 1 N–H and O–H groups in total. The van der Waals surface area contributed by atoms with Crippen LogP contribution in [0.3, 0.4) is 0 Å². The average molecular weight is 144 g/mol. The summed E-state index contributed by atoms with van der Waals surface area (Å²) in [6.45, 7) is 7.18. The largest absolute Gasteiger partial charge is 0.393 e. The Morgan fingerprint density at radius 1 is 1.40 bits per heavy atom. The van der Waals surface area contributed by atoms with Crippen molar-refractivity contribution in [3.63, 3.8) is 0 Å². The molecule has 10 heavy (non-hydrogen) atoms. The van der Waals surface area contributed by atoms with Gasteiger partial charge < -0.3 is 9.84 Å². The highest BCUT2D eigenvalue weighted by Gasteiger charge is 2.40. The molecular weight excluding hydrogens is 128 g/mol. The van der Waals surface area contributed by atoms with E-state index in [0.717, 1.165) is 13.0 Å². The van der Waals surface area contributed by atoms with Gasteiger partial charge in [-0.2, -0.15) is 0 Å². The first kappa shape index (κ1) is 8.02. The molecule has 0 saturated carbocycles. The molecule has 1 aliphatic rings. The Labute approximate surface area is 62.2 Å². The fourth-order valence-corrected chi connectivity index (χ4v) is 1.59. The number of hydrogen-bond acceptors (Lipinski definition) is 2. The van der Waals surface area contributed by atoms with Crippen molar-refractivity contribution in [3.05, 3.63) is 0 Å². The number of aliphatic hydroxyl groups excluding tert-OH is 1. The molecule has 1 aliphatic heterocycles. The Morgan fingerprint density at radius 3 is 2.20 bits per heavy atom. The van der Waals surface area contributed by atoms with Crippen LogP contribution in [0.25, 0.3) is 0 Å². The predicted molar refractivity (Wildman–Crippen MR) is 39.8 cm³/mol. The summed E-state index contributed by atoms with van der Waals surface area (Å²) in [6, 6.07) is 0. The van der Waals surface area contributed by atoms with E-state index in [-0.39, 0.29) is 17.6 Å². The third-order valence-corrected chi connectivity index (χ3v) is 2.00. The molecule has 1 atom stereocenters. The molecule has 0 amide bonds. The summed E-state index contributed by atoms with van der Waals surface area (Å²) in [7, 11) is 0. The summed E-state index contributed by atoms with van der Waals surface area (Å²) >= 11 is 0. The minimum absolute atomic E-state index is 0.135. The summed E-state index contributed by atoms with van der Waals surface area (Å²) in [5.41, 5.74) is -0.0268. The molecule has 0 aromatic heterocycles. The molecule has 0 aromatic rings. The highest BCUT2D eigenvalue weighted by atomic mass is 16.5. The molecule has 1 saturated heterocycles. The van der Waals surface area contributed by atoms with Gasteiger partial charge in [0.1, 0.15) is 0 Å². The second kappa shape index (κ2) is 2.21. The van der Waals surface area contributed by atoms with Crippen LogP contribution in [0.4, 0.5) is 0 Å². The van der Waals surface area contributed by atoms with Crippen molar-refractivity contribution in [3.8, 4) is 0 Å². The highest BCUT2D eigenvalue weighted by molar-refractivity contribution is 4.89. The van der Waals surface area contributed by atoms with Crippen molar-refractivity contribution < 1.29 is 9.84 Å². The van der Waals surface area contributed by atoms with Gasteiger partial charge in [-0.3, -0.25) is 0 Å². The molecule has 60 valence electrons. The van der Waals surface area contributed by atoms with Gasteiger partial charge in [-0.05, 0) is 18.8 Å². The molecule has 2 heteroatoms. The summed E-state index contributed by atoms with van der Waals surface area (Å²) in [5, 5.41) is 8.93. The van der Waals surface area contributed by atoms with Gasteiger partial charge in [-0.25, -0.2) is 0 Å². The molecule has 1 fully saturated rings. The van der Waals surface area contributed by atoms with Gasteiger partial charge in [-0.15, -0.1) is 0 Å². The smallest absolute Gasteiger partial charge is 0.0890 e. The highest BCUT2D eigenvalue weighted by Crippen LogP contribution is 2.37. The van der Waals surface area contributed by atoms with Crippen molar-refractivity contribution >= 4 is 0 Å². The minimum Gasteiger partial charge on any atom is -0.393 e. The average Bonchev–Trinajstić information content (AvgIpc) is 2.08. The quantitative estimate of drug-likeness (QED) is 0.599. The monoisotopic (exact) mass is 144 g/mol. The summed E-state index contributed by atoms with van der Waals surface area (Å²) in [4.78, 5) is 0. The lowest BCUT2D eigenvalue weighted by Crippen LogP contribution is -2.28. The molecule has 1 heterocycles. The van der Waals surface area contributed by atoms with Crippen LogP contribution < -0.4 is 0 Å². The molecule has 0 aliphatic carbocycles. The minimum atomic E-state index is -0.274. The zero-order valence-corrected chi connectivity index (χ0v) is 6.98. The van der Waals surface area contributed by atoms with Crippen LogP contribution in [0.2, 0.25) is 0 Å². The van der Waals surface area contributed by atoms with E-state index >= 15 is 0 Å². The van der Waals surface area contributed by atoms with Crippen molar-refractivity contribution in [2.45, 2.75) is 32.8 Å². The Morgan fingerprint density at radius 2 is 2.00 bits per heavy atom. The maximum Gasteiger partial charge on any atom is 0.0890 e. The van der Waals surface area contributed by atoms with Crippen LogP contribution in [-0.2, 0) is 4.74 Å². The van der Waals surface area contributed by atoms with Crippen molar-refractivity contribution in [2.75, 3.05) is 13.2 Å². The van der Waals surface area contributed by atoms with Crippen LogP contribution in [0, 0.1) is 5.41 Å². The van der Waals surface area contributed by atoms with Crippen LogP contribution in [0.1, 0.15) is 27.2 Å². The molecule has 1 unspecified atom stereocenters. The van der Waals surface area contributed by atoms with Gasteiger partial charge in [0.2, 0.25) is 0 Å². The summed E-state index contributed by atoms with van der Waals surface area (Å²) < 4.78 is 5.45. The van der Waals surface area contributed by atoms with E-state index in [1.54, 1.807) is 0 Å². The number of ether oxygens (including phenoxy) is 1. The van der Waals surface area contributed by atoms with Gasteiger partial charge in [0.25, 0.3) is 0 Å². The Kier molecular flexibility index (Phi) is 1.77.